The van der Waals surface area contributed by atoms with Crippen molar-refractivity contribution in [3.05, 3.63) is 58.6 Å². The van der Waals surface area contributed by atoms with Gasteiger partial charge in [0.2, 0.25) is 0 Å². The van der Waals surface area contributed by atoms with E-state index in [4.69, 9.17) is 23.2 Å². The zero-order chi connectivity index (χ0) is 17.9. The molecule has 2 heterocycles. The predicted octanol–water partition coefficient (Wildman–Crippen LogP) is 6.83. The molecule has 0 saturated heterocycles. The van der Waals surface area contributed by atoms with Gasteiger partial charge in [-0.1, -0.05) is 70.1 Å². The average Bonchev–Trinajstić information content (AvgIpc) is 3.31. The van der Waals surface area contributed by atoms with Crippen LogP contribution in [0.1, 0.15) is 0 Å². The van der Waals surface area contributed by atoms with E-state index in [1.165, 1.54) is 44.3 Å². The summed E-state index contributed by atoms with van der Waals surface area (Å²) in [6.07, 6.45) is 0. The van der Waals surface area contributed by atoms with Gasteiger partial charge in [-0.15, -0.1) is 20.4 Å². The SMILES string of the molecule is Clc1ccc(-c2nnc(SSc3nnc(-c4ccc(Cl)cc4)s3)s2)cc1. The fourth-order valence-electron chi connectivity index (χ4n) is 1.98. The van der Waals surface area contributed by atoms with E-state index in [0.717, 1.165) is 29.8 Å². The largest absolute Gasteiger partial charge is 0.185 e. The van der Waals surface area contributed by atoms with Gasteiger partial charge in [-0.2, -0.15) is 0 Å². The molecule has 0 bridgehead atoms. The first kappa shape index (κ1) is 18.2. The molecule has 0 aliphatic rings. The van der Waals surface area contributed by atoms with Crippen molar-refractivity contribution >= 4 is 67.5 Å². The number of rotatable bonds is 5. The molecule has 0 amide bonds. The highest BCUT2D eigenvalue weighted by Gasteiger charge is 2.11. The summed E-state index contributed by atoms with van der Waals surface area (Å²) in [6, 6.07) is 15.1. The van der Waals surface area contributed by atoms with Crippen LogP contribution in [-0.4, -0.2) is 20.4 Å². The van der Waals surface area contributed by atoms with E-state index in [-0.39, 0.29) is 0 Å². The van der Waals surface area contributed by atoms with Crippen molar-refractivity contribution in [2.24, 2.45) is 0 Å². The van der Waals surface area contributed by atoms with E-state index in [9.17, 15) is 0 Å². The highest BCUT2D eigenvalue weighted by Crippen LogP contribution is 2.42. The molecule has 4 aromatic rings. The lowest BCUT2D eigenvalue weighted by molar-refractivity contribution is 1.01. The zero-order valence-corrected chi connectivity index (χ0v) is 17.6. The Balaban J connectivity index is 1.42. The summed E-state index contributed by atoms with van der Waals surface area (Å²) in [5.74, 6) is 0. The molecule has 26 heavy (non-hydrogen) atoms. The summed E-state index contributed by atoms with van der Waals surface area (Å²) in [7, 11) is 3.05. The van der Waals surface area contributed by atoms with Crippen LogP contribution in [0.4, 0.5) is 0 Å². The third-order valence-electron chi connectivity index (χ3n) is 3.18. The zero-order valence-electron chi connectivity index (χ0n) is 12.8. The quantitative estimate of drug-likeness (QED) is 0.308. The molecule has 0 radical (unpaired) electrons. The lowest BCUT2D eigenvalue weighted by Gasteiger charge is -1.94. The minimum Gasteiger partial charge on any atom is -0.137 e. The van der Waals surface area contributed by atoms with E-state index in [1.807, 2.05) is 48.5 Å². The molecule has 130 valence electrons. The third-order valence-corrected chi connectivity index (χ3v) is 8.58. The van der Waals surface area contributed by atoms with Crippen molar-refractivity contribution in [1.29, 1.82) is 0 Å². The second-order valence-corrected chi connectivity index (χ2v) is 10.4. The summed E-state index contributed by atoms with van der Waals surface area (Å²) in [6.45, 7) is 0. The molecule has 4 rings (SSSR count). The van der Waals surface area contributed by atoms with Crippen molar-refractivity contribution in [1.82, 2.24) is 20.4 Å². The molecule has 0 saturated carbocycles. The number of nitrogens with zero attached hydrogens (tertiary/aromatic N) is 4. The van der Waals surface area contributed by atoms with Crippen LogP contribution in [0.2, 0.25) is 10.0 Å². The minimum atomic E-state index is 0.705. The first-order valence-electron chi connectivity index (χ1n) is 7.21. The van der Waals surface area contributed by atoms with E-state index < -0.39 is 0 Å². The van der Waals surface area contributed by atoms with Crippen LogP contribution in [-0.2, 0) is 0 Å². The molecule has 0 unspecified atom stereocenters. The van der Waals surface area contributed by atoms with Gasteiger partial charge >= 0.3 is 0 Å². The van der Waals surface area contributed by atoms with Crippen LogP contribution in [0.25, 0.3) is 21.1 Å². The summed E-state index contributed by atoms with van der Waals surface area (Å²) < 4.78 is 1.73. The average molecular weight is 455 g/mol. The van der Waals surface area contributed by atoms with Crippen molar-refractivity contribution in [3.63, 3.8) is 0 Å². The van der Waals surface area contributed by atoms with Crippen molar-refractivity contribution in [3.8, 4) is 21.1 Å². The van der Waals surface area contributed by atoms with Gasteiger partial charge in [-0.05, 0) is 45.9 Å². The Morgan fingerprint density at radius 3 is 1.35 bits per heavy atom. The molecule has 0 fully saturated rings. The van der Waals surface area contributed by atoms with Crippen molar-refractivity contribution < 1.29 is 0 Å². The van der Waals surface area contributed by atoms with Crippen LogP contribution in [0, 0.1) is 0 Å². The van der Waals surface area contributed by atoms with Gasteiger partial charge < -0.3 is 0 Å². The monoisotopic (exact) mass is 454 g/mol. The van der Waals surface area contributed by atoms with Crippen molar-refractivity contribution in [2.75, 3.05) is 0 Å². The molecule has 2 aromatic heterocycles. The highest BCUT2D eigenvalue weighted by atomic mass is 35.5. The van der Waals surface area contributed by atoms with Gasteiger partial charge in [-0.3, -0.25) is 0 Å². The van der Waals surface area contributed by atoms with E-state index in [1.54, 1.807) is 0 Å². The van der Waals surface area contributed by atoms with Gasteiger partial charge in [0.15, 0.2) is 8.68 Å². The molecule has 0 N–H and O–H groups in total. The third kappa shape index (κ3) is 4.39. The first-order chi connectivity index (χ1) is 12.7. The molecule has 0 aliphatic heterocycles. The topological polar surface area (TPSA) is 51.6 Å². The number of halogens is 2. The molecule has 0 spiro atoms. The van der Waals surface area contributed by atoms with Gasteiger partial charge in [0.05, 0.1) is 0 Å². The van der Waals surface area contributed by atoms with Gasteiger partial charge in [-0.25, -0.2) is 0 Å². The molecular weight excluding hydrogens is 447 g/mol. The molecule has 10 heteroatoms. The van der Waals surface area contributed by atoms with Crippen LogP contribution in [0.3, 0.4) is 0 Å². The molecule has 2 aromatic carbocycles. The van der Waals surface area contributed by atoms with Crippen LogP contribution in [0.5, 0.6) is 0 Å². The molecule has 0 atom stereocenters. The maximum absolute atomic E-state index is 5.92. The highest BCUT2D eigenvalue weighted by molar-refractivity contribution is 8.77. The number of benzene rings is 2. The maximum Gasteiger partial charge on any atom is 0.185 e. The second-order valence-electron chi connectivity index (χ2n) is 4.93. The first-order valence-corrected chi connectivity index (χ1v) is 11.7. The Kier molecular flexibility index (Phi) is 5.78. The molecule has 0 aliphatic carbocycles. The van der Waals surface area contributed by atoms with Crippen LogP contribution in [0.15, 0.2) is 57.2 Å². The van der Waals surface area contributed by atoms with Gasteiger partial charge in [0.25, 0.3) is 0 Å². The second kappa shape index (κ2) is 8.24. The fourth-order valence-corrected chi connectivity index (χ4v) is 6.28. The summed E-state index contributed by atoms with van der Waals surface area (Å²) in [5.41, 5.74) is 2.01. The summed E-state index contributed by atoms with van der Waals surface area (Å²) in [5, 5.41) is 20.1. The Bertz CT molecular complexity index is 932. The van der Waals surface area contributed by atoms with Gasteiger partial charge in [0.1, 0.15) is 10.0 Å². The minimum absolute atomic E-state index is 0.705. The van der Waals surface area contributed by atoms with Crippen LogP contribution < -0.4 is 0 Å². The maximum atomic E-state index is 5.92. The summed E-state index contributed by atoms with van der Waals surface area (Å²) in [4.78, 5) is 0. The van der Waals surface area contributed by atoms with E-state index >= 15 is 0 Å². The van der Waals surface area contributed by atoms with Crippen molar-refractivity contribution in [2.45, 2.75) is 8.68 Å². The Hall–Kier alpha value is -1.16. The Morgan fingerprint density at radius 2 is 0.962 bits per heavy atom. The lowest BCUT2D eigenvalue weighted by Crippen LogP contribution is -1.75. The molecular formula is C16H8Cl2N4S4. The predicted molar refractivity (Wildman–Crippen MR) is 112 cm³/mol. The van der Waals surface area contributed by atoms with Crippen LogP contribution >= 0.6 is 67.5 Å². The number of hydrogen-bond donors (Lipinski definition) is 0. The number of aromatic nitrogens is 4. The lowest BCUT2D eigenvalue weighted by atomic mass is 10.2. The molecule has 4 nitrogen and oxygen atoms in total. The van der Waals surface area contributed by atoms with E-state index in [2.05, 4.69) is 20.4 Å². The summed E-state index contributed by atoms with van der Waals surface area (Å²) >= 11 is 14.9. The van der Waals surface area contributed by atoms with Gasteiger partial charge in [0, 0.05) is 21.2 Å². The van der Waals surface area contributed by atoms with E-state index in [0.29, 0.717) is 10.0 Å². The standard InChI is InChI=1S/C16H8Cl2N4S4/c17-11-5-1-9(2-6-11)13-19-21-15(23-13)25-26-16-22-20-14(24-16)10-3-7-12(18)8-4-10/h1-8H. The Labute approximate surface area is 175 Å². The smallest absolute Gasteiger partial charge is 0.137 e. The number of hydrogen-bond acceptors (Lipinski definition) is 8. The Morgan fingerprint density at radius 1 is 0.577 bits per heavy atom. The fraction of sp³-hybridized carbons (Fsp3) is 0. The normalized spacial score (nSPS) is 11.0.